The molecule has 1 aromatic heterocycles. The molecule has 0 saturated heterocycles. The lowest BCUT2D eigenvalue weighted by atomic mass is 9.96. The van der Waals surface area contributed by atoms with Crippen LogP contribution >= 0.6 is 0 Å². The average Bonchev–Trinajstić information content (AvgIpc) is 2.63. The van der Waals surface area contributed by atoms with Crippen LogP contribution in [0.1, 0.15) is 11.1 Å². The maximum atomic E-state index is 13.2. The lowest BCUT2D eigenvalue weighted by Gasteiger charge is -2.15. The van der Waals surface area contributed by atoms with E-state index in [1.807, 2.05) is 12.1 Å². The van der Waals surface area contributed by atoms with E-state index in [9.17, 15) is 19.7 Å². The minimum absolute atomic E-state index is 0.0201. The van der Waals surface area contributed by atoms with E-state index in [0.29, 0.717) is 5.56 Å². The van der Waals surface area contributed by atoms with Crippen molar-refractivity contribution in [2.45, 2.75) is 0 Å². The Balaban J connectivity index is 2.43. The maximum absolute atomic E-state index is 13.2. The van der Waals surface area contributed by atoms with Crippen molar-refractivity contribution in [3.63, 3.8) is 0 Å². The van der Waals surface area contributed by atoms with E-state index in [1.54, 1.807) is 30.3 Å². The molecule has 120 valence electrons. The molecule has 2 aromatic carbocycles. The van der Waals surface area contributed by atoms with Gasteiger partial charge >= 0.3 is 0 Å². The Bertz CT molecular complexity index is 1090. The number of pyridine rings is 1. The van der Waals surface area contributed by atoms with Crippen molar-refractivity contribution in [2.75, 3.05) is 5.73 Å². The number of aromatic nitrogens is 1. The molecule has 0 bridgehead atoms. The largest absolute Gasteiger partial charge is 0.384 e. The van der Waals surface area contributed by atoms with Gasteiger partial charge in [-0.3, -0.25) is 9.36 Å². The van der Waals surface area contributed by atoms with Gasteiger partial charge in [0.1, 0.15) is 34.9 Å². The summed E-state index contributed by atoms with van der Waals surface area (Å²) < 4.78 is 14.2. The topological polar surface area (TPSA) is 95.6 Å². The lowest BCUT2D eigenvalue weighted by Crippen LogP contribution is -2.26. The number of hydrogen-bond donors (Lipinski definition) is 1. The number of halogens is 1. The smallest absolute Gasteiger partial charge is 0.275 e. The van der Waals surface area contributed by atoms with Gasteiger partial charge in [0, 0.05) is 5.56 Å². The summed E-state index contributed by atoms with van der Waals surface area (Å²) in [6.45, 7) is 0. The molecule has 3 rings (SSSR count). The van der Waals surface area contributed by atoms with E-state index >= 15 is 0 Å². The fourth-order valence-corrected chi connectivity index (χ4v) is 2.65. The summed E-state index contributed by atoms with van der Waals surface area (Å²) in [5, 5.41) is 19.1. The van der Waals surface area contributed by atoms with Crippen LogP contribution in [-0.2, 0) is 0 Å². The molecule has 0 aliphatic heterocycles. The van der Waals surface area contributed by atoms with E-state index in [0.717, 1.165) is 4.57 Å². The molecule has 5 nitrogen and oxygen atoms in total. The molecule has 2 N–H and O–H groups in total. The molecule has 0 amide bonds. The molecule has 0 radical (unpaired) electrons. The molecule has 25 heavy (non-hydrogen) atoms. The summed E-state index contributed by atoms with van der Waals surface area (Å²) in [5.74, 6) is -0.575. The van der Waals surface area contributed by atoms with Gasteiger partial charge in [-0.2, -0.15) is 10.5 Å². The zero-order valence-electron chi connectivity index (χ0n) is 12.9. The van der Waals surface area contributed by atoms with E-state index in [2.05, 4.69) is 0 Å². The van der Waals surface area contributed by atoms with Crippen LogP contribution in [-0.4, -0.2) is 4.57 Å². The fraction of sp³-hybridized carbons (Fsp3) is 0. The zero-order valence-corrected chi connectivity index (χ0v) is 12.9. The molecule has 6 heteroatoms. The summed E-state index contributed by atoms with van der Waals surface area (Å²) in [4.78, 5) is 12.8. The SMILES string of the molecule is N#Cc1c(-c2ccccc2)c(C#N)c(=O)n(-c2ccc(F)cc2)c1N. The van der Waals surface area contributed by atoms with Gasteiger partial charge in [-0.1, -0.05) is 30.3 Å². The minimum atomic E-state index is -0.663. The third kappa shape index (κ3) is 2.62. The van der Waals surface area contributed by atoms with E-state index in [1.165, 1.54) is 24.3 Å². The number of hydrogen-bond acceptors (Lipinski definition) is 4. The first-order valence-electron chi connectivity index (χ1n) is 7.28. The number of benzene rings is 2. The van der Waals surface area contributed by atoms with Crippen LogP contribution in [0.25, 0.3) is 16.8 Å². The highest BCUT2D eigenvalue weighted by atomic mass is 19.1. The first-order valence-corrected chi connectivity index (χ1v) is 7.28. The molecule has 0 saturated carbocycles. The minimum Gasteiger partial charge on any atom is -0.384 e. The number of nitrogens with two attached hydrogens (primary N) is 1. The Morgan fingerprint density at radius 1 is 0.920 bits per heavy atom. The second-order valence-corrected chi connectivity index (χ2v) is 5.22. The van der Waals surface area contributed by atoms with Crippen molar-refractivity contribution in [1.29, 1.82) is 10.5 Å². The highest BCUT2D eigenvalue weighted by Crippen LogP contribution is 2.30. The van der Waals surface area contributed by atoms with Crippen molar-refractivity contribution in [3.8, 4) is 29.0 Å². The maximum Gasteiger partial charge on any atom is 0.275 e. The second kappa shape index (κ2) is 6.31. The van der Waals surface area contributed by atoms with Gasteiger partial charge < -0.3 is 5.73 Å². The summed E-state index contributed by atoms with van der Waals surface area (Å²) in [6.07, 6.45) is 0. The van der Waals surface area contributed by atoms with Crippen LogP contribution < -0.4 is 11.3 Å². The molecule has 0 atom stereocenters. The van der Waals surface area contributed by atoms with Crippen molar-refractivity contribution in [1.82, 2.24) is 4.57 Å². The van der Waals surface area contributed by atoms with Crippen LogP contribution in [0.15, 0.2) is 59.4 Å². The van der Waals surface area contributed by atoms with Gasteiger partial charge in [0.05, 0.1) is 5.69 Å². The molecule has 0 aliphatic rings. The number of nitrogen functional groups attached to an aromatic ring is 1. The van der Waals surface area contributed by atoms with Crippen LogP contribution in [0.5, 0.6) is 0 Å². The van der Waals surface area contributed by atoms with Gasteiger partial charge in [0.15, 0.2) is 0 Å². The van der Waals surface area contributed by atoms with E-state index in [4.69, 9.17) is 5.73 Å². The van der Waals surface area contributed by atoms with Crippen molar-refractivity contribution in [2.24, 2.45) is 0 Å². The molecule has 0 aliphatic carbocycles. The van der Waals surface area contributed by atoms with Gasteiger partial charge in [-0.25, -0.2) is 4.39 Å². The Labute approximate surface area is 142 Å². The second-order valence-electron chi connectivity index (χ2n) is 5.22. The molecule has 1 heterocycles. The summed E-state index contributed by atoms with van der Waals surface area (Å²) in [7, 11) is 0. The standard InChI is InChI=1S/C19H11FN4O/c20-13-6-8-14(9-7-13)24-18(23)15(10-21)17(16(11-22)19(24)25)12-4-2-1-3-5-12/h1-9H,23H2. The molecular weight excluding hydrogens is 319 g/mol. The summed E-state index contributed by atoms with van der Waals surface area (Å²) >= 11 is 0. The number of anilines is 1. The van der Waals surface area contributed by atoms with Gasteiger partial charge in [0.25, 0.3) is 5.56 Å². The predicted octanol–water partition coefficient (Wildman–Crippen LogP) is 2.97. The molecule has 0 unspecified atom stereocenters. The first-order chi connectivity index (χ1) is 12.1. The third-order valence-electron chi connectivity index (χ3n) is 3.78. The van der Waals surface area contributed by atoms with Gasteiger partial charge in [-0.15, -0.1) is 0 Å². The van der Waals surface area contributed by atoms with Crippen molar-refractivity contribution < 1.29 is 4.39 Å². The van der Waals surface area contributed by atoms with Crippen LogP contribution in [0.3, 0.4) is 0 Å². The highest BCUT2D eigenvalue weighted by molar-refractivity contribution is 5.81. The Morgan fingerprint density at radius 3 is 2.08 bits per heavy atom. The highest BCUT2D eigenvalue weighted by Gasteiger charge is 2.22. The normalized spacial score (nSPS) is 10.0. The monoisotopic (exact) mass is 330 g/mol. The Hall–Kier alpha value is -3.90. The van der Waals surface area contributed by atoms with Crippen LogP contribution in [0.2, 0.25) is 0 Å². The van der Waals surface area contributed by atoms with E-state index < -0.39 is 11.4 Å². The zero-order chi connectivity index (χ0) is 18.0. The lowest BCUT2D eigenvalue weighted by molar-refractivity contribution is 0.627. The Kier molecular flexibility index (Phi) is 4.03. The molecule has 0 spiro atoms. The fourth-order valence-electron chi connectivity index (χ4n) is 2.65. The summed E-state index contributed by atoms with van der Waals surface area (Å²) in [6, 6.07) is 17.5. The van der Waals surface area contributed by atoms with Crippen LogP contribution in [0.4, 0.5) is 10.2 Å². The third-order valence-corrected chi connectivity index (χ3v) is 3.78. The van der Waals surface area contributed by atoms with Crippen molar-refractivity contribution >= 4 is 5.82 Å². The first kappa shape index (κ1) is 16.0. The quantitative estimate of drug-likeness (QED) is 0.781. The summed E-state index contributed by atoms with van der Waals surface area (Å²) in [5.41, 5.74) is 6.25. The van der Waals surface area contributed by atoms with Gasteiger partial charge in [0.2, 0.25) is 0 Å². The van der Waals surface area contributed by atoms with Crippen molar-refractivity contribution in [3.05, 3.63) is 81.9 Å². The van der Waals surface area contributed by atoms with E-state index in [-0.39, 0.29) is 28.2 Å². The molecular formula is C19H11FN4O. The molecule has 3 aromatic rings. The van der Waals surface area contributed by atoms with Crippen LogP contribution in [0, 0.1) is 28.5 Å². The number of nitriles is 2. The average molecular weight is 330 g/mol. The Morgan fingerprint density at radius 2 is 1.52 bits per heavy atom. The number of nitrogens with zero attached hydrogens (tertiary/aromatic N) is 3. The van der Waals surface area contributed by atoms with Gasteiger partial charge in [-0.05, 0) is 29.8 Å². The molecule has 0 fully saturated rings. The number of rotatable bonds is 2. The predicted molar refractivity (Wildman–Crippen MR) is 91.3 cm³/mol.